The zero-order valence-corrected chi connectivity index (χ0v) is 24.6. The number of carbonyl (C=O) groups is 4. The number of benzene rings is 2. The van der Waals surface area contributed by atoms with Crippen LogP contribution < -0.4 is 21.3 Å². The van der Waals surface area contributed by atoms with Crippen LogP contribution in [0.5, 0.6) is 0 Å². The third kappa shape index (κ3) is 10.6. The lowest BCUT2D eigenvalue weighted by atomic mass is 9.99. The smallest absolute Gasteiger partial charge is 0.323 e. The molecule has 1 fully saturated rings. The quantitative estimate of drug-likeness (QED) is 0.399. The Balaban J connectivity index is 1.83. The number of likely N-dealkylation sites (N-methyl/N-ethyl adjacent to an activating group) is 1. The van der Waals surface area contributed by atoms with Crippen LogP contribution in [0.15, 0.2) is 54.6 Å². The molecule has 0 aromatic heterocycles. The summed E-state index contributed by atoms with van der Waals surface area (Å²) in [5, 5.41) is 11.6. The van der Waals surface area contributed by atoms with Gasteiger partial charge >= 0.3 is 5.97 Å². The molecule has 9 nitrogen and oxygen atoms in total. The van der Waals surface area contributed by atoms with Gasteiger partial charge in [-0.25, -0.2) is 0 Å². The summed E-state index contributed by atoms with van der Waals surface area (Å²) in [7, 11) is 1.54. The number of hydrogen-bond acceptors (Lipinski definition) is 6. The first-order chi connectivity index (χ1) is 19.6. The predicted octanol–water partition coefficient (Wildman–Crippen LogP) is 3.27. The SMILES string of the molecule is CNC(=O)[C@@H]1CCCCNC(=O)CC[C@H](C(=O)OC(C)(C)C)N[C@@H](CCc2ccc(-c3ccccc3)cc2)C(=O)N1. The Morgan fingerprint density at radius 1 is 0.927 bits per heavy atom. The van der Waals surface area contributed by atoms with Crippen LogP contribution in [0.4, 0.5) is 0 Å². The standard InChI is InChI=1S/C32H44N4O5/c1-32(2,3)41-31(40)27-19-20-28(37)34-21-9-8-12-25(29(38)33-4)36-30(39)26(35-27)18-15-22-13-16-24(17-14-22)23-10-6-5-7-11-23/h5-7,10-11,13-14,16-17,25-27,35H,8-9,12,15,18-21H2,1-4H3,(H,33,38)(H,34,37)(H,36,39)/t25-,26-,27+/m0/s1. The summed E-state index contributed by atoms with van der Waals surface area (Å²) in [5.74, 6) is -1.34. The first-order valence-corrected chi connectivity index (χ1v) is 14.5. The van der Waals surface area contributed by atoms with Crippen molar-refractivity contribution in [2.75, 3.05) is 13.6 Å². The van der Waals surface area contributed by atoms with E-state index < -0.39 is 29.7 Å². The molecular weight excluding hydrogens is 520 g/mol. The normalized spacial score (nSPS) is 21.1. The molecule has 9 heteroatoms. The maximum Gasteiger partial charge on any atom is 0.323 e. The maximum absolute atomic E-state index is 13.6. The lowest BCUT2D eigenvalue weighted by molar-refractivity contribution is -0.158. The molecule has 0 spiro atoms. The molecule has 2 aromatic carbocycles. The Bertz CT molecular complexity index is 1160. The average Bonchev–Trinajstić information content (AvgIpc) is 2.94. The number of nitrogens with one attached hydrogen (secondary N) is 4. The number of carbonyl (C=O) groups excluding carboxylic acids is 4. The topological polar surface area (TPSA) is 126 Å². The van der Waals surface area contributed by atoms with E-state index in [0.717, 1.165) is 16.7 Å². The summed E-state index contributed by atoms with van der Waals surface area (Å²) in [6, 6.07) is 15.9. The Hall–Kier alpha value is -3.72. The van der Waals surface area contributed by atoms with Gasteiger partial charge in [-0.15, -0.1) is 0 Å². The van der Waals surface area contributed by atoms with Gasteiger partial charge < -0.3 is 20.7 Å². The van der Waals surface area contributed by atoms with Crippen molar-refractivity contribution in [1.82, 2.24) is 21.3 Å². The number of ether oxygens (including phenoxy) is 1. The zero-order chi connectivity index (χ0) is 29.8. The molecule has 41 heavy (non-hydrogen) atoms. The minimum absolute atomic E-state index is 0.118. The Morgan fingerprint density at radius 2 is 1.61 bits per heavy atom. The fraction of sp³-hybridized carbons (Fsp3) is 0.500. The first kappa shape index (κ1) is 31.8. The molecule has 0 saturated carbocycles. The second-order valence-corrected chi connectivity index (χ2v) is 11.5. The number of hydrogen-bond donors (Lipinski definition) is 4. The number of aryl methyl sites for hydroxylation is 1. The maximum atomic E-state index is 13.6. The van der Waals surface area contributed by atoms with E-state index in [4.69, 9.17) is 4.74 Å². The third-order valence-corrected chi connectivity index (χ3v) is 6.97. The number of esters is 1. The summed E-state index contributed by atoms with van der Waals surface area (Å²) in [6.07, 6.45) is 3.00. The summed E-state index contributed by atoms with van der Waals surface area (Å²) < 4.78 is 5.63. The highest BCUT2D eigenvalue weighted by Crippen LogP contribution is 2.20. The summed E-state index contributed by atoms with van der Waals surface area (Å²) in [5.41, 5.74) is 2.52. The molecule has 0 unspecified atom stereocenters. The van der Waals surface area contributed by atoms with Gasteiger partial charge in [0.25, 0.3) is 0 Å². The molecule has 1 saturated heterocycles. The van der Waals surface area contributed by atoms with E-state index in [9.17, 15) is 19.2 Å². The van der Waals surface area contributed by atoms with E-state index in [1.54, 1.807) is 20.8 Å². The highest BCUT2D eigenvalue weighted by atomic mass is 16.6. The largest absolute Gasteiger partial charge is 0.459 e. The summed E-state index contributed by atoms with van der Waals surface area (Å²) >= 11 is 0. The zero-order valence-electron chi connectivity index (χ0n) is 24.6. The second kappa shape index (κ2) is 15.3. The van der Waals surface area contributed by atoms with Gasteiger partial charge in [-0.2, -0.15) is 0 Å². The number of rotatable bonds is 6. The van der Waals surface area contributed by atoms with Gasteiger partial charge in [0.05, 0.1) is 6.04 Å². The minimum atomic E-state index is -0.877. The van der Waals surface area contributed by atoms with Crippen LogP contribution in [-0.2, 0) is 30.3 Å². The van der Waals surface area contributed by atoms with Gasteiger partial charge in [0.15, 0.2) is 0 Å². The summed E-state index contributed by atoms with van der Waals surface area (Å²) in [4.78, 5) is 51.8. The van der Waals surface area contributed by atoms with Gasteiger partial charge in [-0.3, -0.25) is 24.5 Å². The molecule has 2 aromatic rings. The van der Waals surface area contributed by atoms with Crippen molar-refractivity contribution in [3.63, 3.8) is 0 Å². The van der Waals surface area contributed by atoms with Crippen LogP contribution in [0.25, 0.3) is 11.1 Å². The Labute approximate surface area is 243 Å². The lowest BCUT2D eigenvalue weighted by Gasteiger charge is -2.29. The molecule has 1 aliphatic heterocycles. The molecule has 0 aliphatic carbocycles. The first-order valence-electron chi connectivity index (χ1n) is 14.5. The number of amides is 3. The third-order valence-electron chi connectivity index (χ3n) is 6.97. The molecule has 1 heterocycles. The fourth-order valence-corrected chi connectivity index (χ4v) is 4.76. The van der Waals surface area contributed by atoms with E-state index >= 15 is 0 Å². The molecule has 4 N–H and O–H groups in total. The summed E-state index contributed by atoms with van der Waals surface area (Å²) in [6.45, 7) is 5.79. The monoisotopic (exact) mass is 564 g/mol. The highest BCUT2D eigenvalue weighted by Gasteiger charge is 2.32. The van der Waals surface area contributed by atoms with Crippen LogP contribution in [-0.4, -0.2) is 61.0 Å². The minimum Gasteiger partial charge on any atom is -0.459 e. The highest BCUT2D eigenvalue weighted by molar-refractivity contribution is 5.90. The molecule has 222 valence electrons. The molecule has 0 radical (unpaired) electrons. The van der Waals surface area contributed by atoms with E-state index in [1.165, 1.54) is 7.05 Å². The van der Waals surface area contributed by atoms with Crippen molar-refractivity contribution in [2.45, 2.75) is 89.4 Å². The fourth-order valence-electron chi connectivity index (χ4n) is 4.76. The van der Waals surface area contributed by atoms with Gasteiger partial charge in [0.1, 0.15) is 17.7 Å². The van der Waals surface area contributed by atoms with Crippen molar-refractivity contribution in [3.05, 3.63) is 60.2 Å². The molecule has 1 aliphatic rings. The molecule has 0 bridgehead atoms. The van der Waals surface area contributed by atoms with Gasteiger partial charge in [0, 0.05) is 20.0 Å². The van der Waals surface area contributed by atoms with E-state index in [2.05, 4.69) is 45.5 Å². The molecule has 3 atom stereocenters. The van der Waals surface area contributed by atoms with Crippen LogP contribution in [0.1, 0.15) is 64.9 Å². The van der Waals surface area contributed by atoms with Crippen molar-refractivity contribution < 1.29 is 23.9 Å². The van der Waals surface area contributed by atoms with Crippen molar-refractivity contribution in [1.29, 1.82) is 0 Å². The van der Waals surface area contributed by atoms with Crippen molar-refractivity contribution >= 4 is 23.7 Å². The molecular formula is C32H44N4O5. The van der Waals surface area contributed by atoms with Crippen LogP contribution in [0, 0.1) is 0 Å². The predicted molar refractivity (Wildman–Crippen MR) is 159 cm³/mol. The molecule has 3 amide bonds. The van der Waals surface area contributed by atoms with Gasteiger partial charge in [-0.1, -0.05) is 54.6 Å². The van der Waals surface area contributed by atoms with Gasteiger partial charge in [-0.05, 0) is 76.0 Å². The van der Waals surface area contributed by atoms with Crippen LogP contribution in [0.3, 0.4) is 0 Å². The van der Waals surface area contributed by atoms with Crippen LogP contribution >= 0.6 is 0 Å². The van der Waals surface area contributed by atoms with Crippen molar-refractivity contribution in [2.24, 2.45) is 0 Å². The second-order valence-electron chi connectivity index (χ2n) is 11.5. The van der Waals surface area contributed by atoms with Crippen LogP contribution in [0.2, 0.25) is 0 Å². The molecule has 3 rings (SSSR count). The average molecular weight is 565 g/mol. The Kier molecular flexibility index (Phi) is 11.9. The van der Waals surface area contributed by atoms with E-state index in [1.807, 2.05) is 30.3 Å². The van der Waals surface area contributed by atoms with Gasteiger partial charge in [0.2, 0.25) is 17.7 Å². The van der Waals surface area contributed by atoms with Crippen molar-refractivity contribution in [3.8, 4) is 11.1 Å². The Morgan fingerprint density at radius 3 is 2.27 bits per heavy atom. The van der Waals surface area contributed by atoms with E-state index in [-0.39, 0.29) is 30.6 Å². The van der Waals surface area contributed by atoms with E-state index in [0.29, 0.717) is 38.6 Å². The lowest BCUT2D eigenvalue weighted by Crippen LogP contribution is -2.56.